The molecule has 37 heavy (non-hydrogen) atoms. The number of para-hydroxylation sites is 1. The number of fused-ring (bicyclic) bond motifs is 1. The van der Waals surface area contributed by atoms with Gasteiger partial charge in [0.1, 0.15) is 5.92 Å². The highest BCUT2D eigenvalue weighted by Gasteiger charge is 2.66. The van der Waals surface area contributed by atoms with E-state index in [9.17, 15) is 19.5 Å². The van der Waals surface area contributed by atoms with Crippen molar-refractivity contribution in [2.75, 3.05) is 5.32 Å². The number of carbonyl (C=O) groups is 3. The third-order valence-electron chi connectivity index (χ3n) is 7.55. The molecule has 0 aliphatic heterocycles. The molecule has 188 valence electrons. The molecular formula is C31H29NO5. The van der Waals surface area contributed by atoms with Gasteiger partial charge in [-0.15, -0.1) is 0 Å². The molecule has 2 N–H and O–H groups in total. The van der Waals surface area contributed by atoms with Gasteiger partial charge in [0.15, 0.2) is 5.60 Å². The Kier molecular flexibility index (Phi) is 5.78. The lowest BCUT2D eigenvalue weighted by Gasteiger charge is -2.54. The normalized spacial score (nSPS) is 23.4. The zero-order chi connectivity index (χ0) is 26.5. The molecule has 3 aromatic rings. The molecule has 0 radical (unpaired) electrons. The third kappa shape index (κ3) is 3.75. The molecule has 6 heteroatoms. The molecule has 0 fully saturated rings. The van der Waals surface area contributed by atoms with E-state index in [1.165, 1.54) is 0 Å². The number of nitrogens with one attached hydrogen (secondary N) is 1. The molecule has 3 aromatic carbocycles. The van der Waals surface area contributed by atoms with E-state index < -0.39 is 41.2 Å². The SMILES string of the molecule is C=CC(=O)OC12c3ccccc3C(c3ccc(C(C)(C)C)cc31)C(C(=O)Nc1ccccc1)C2C(=O)O. The molecule has 0 heterocycles. The van der Waals surface area contributed by atoms with Gasteiger partial charge in [-0.2, -0.15) is 0 Å². The van der Waals surface area contributed by atoms with Gasteiger partial charge in [-0.25, -0.2) is 4.79 Å². The topological polar surface area (TPSA) is 92.7 Å². The van der Waals surface area contributed by atoms with Crippen molar-refractivity contribution in [1.29, 1.82) is 0 Å². The van der Waals surface area contributed by atoms with Crippen LogP contribution in [0.2, 0.25) is 0 Å². The maximum Gasteiger partial charge on any atom is 0.331 e. The van der Waals surface area contributed by atoms with Gasteiger partial charge >= 0.3 is 11.9 Å². The molecule has 6 rings (SSSR count). The lowest BCUT2D eigenvalue weighted by Crippen LogP contribution is -2.59. The highest BCUT2D eigenvalue weighted by molar-refractivity contribution is 5.98. The number of carbonyl (C=O) groups excluding carboxylic acids is 2. The van der Waals surface area contributed by atoms with E-state index >= 15 is 0 Å². The van der Waals surface area contributed by atoms with Crippen molar-refractivity contribution < 1.29 is 24.2 Å². The number of benzene rings is 3. The number of carboxylic acid groups (broad SMARTS) is 1. The van der Waals surface area contributed by atoms with E-state index in [0.717, 1.165) is 22.8 Å². The van der Waals surface area contributed by atoms with Crippen LogP contribution in [0, 0.1) is 11.8 Å². The Morgan fingerprint density at radius 1 is 0.946 bits per heavy atom. The van der Waals surface area contributed by atoms with Crippen LogP contribution in [0.4, 0.5) is 5.69 Å². The summed E-state index contributed by atoms with van der Waals surface area (Å²) in [4.78, 5) is 39.8. The minimum absolute atomic E-state index is 0.238. The predicted octanol–water partition coefficient (Wildman–Crippen LogP) is 5.37. The molecule has 4 unspecified atom stereocenters. The number of esters is 1. The van der Waals surface area contributed by atoms with Gasteiger partial charge < -0.3 is 15.2 Å². The average molecular weight is 496 g/mol. The summed E-state index contributed by atoms with van der Waals surface area (Å²) in [7, 11) is 0. The summed E-state index contributed by atoms with van der Waals surface area (Å²) in [6.07, 6.45) is 1.03. The van der Waals surface area contributed by atoms with Crippen LogP contribution in [0.25, 0.3) is 0 Å². The van der Waals surface area contributed by atoms with Crippen LogP contribution >= 0.6 is 0 Å². The van der Waals surface area contributed by atoms with Crippen LogP contribution in [0.1, 0.15) is 54.5 Å². The smallest absolute Gasteiger partial charge is 0.331 e. The Hall–Kier alpha value is -4.19. The first-order chi connectivity index (χ1) is 17.6. The van der Waals surface area contributed by atoms with Gasteiger partial charge in [0.05, 0.1) is 5.92 Å². The Balaban J connectivity index is 1.82. The van der Waals surface area contributed by atoms with E-state index in [0.29, 0.717) is 16.8 Å². The summed E-state index contributed by atoms with van der Waals surface area (Å²) < 4.78 is 6.12. The molecule has 4 atom stereocenters. The standard InChI is InChI=1S/C31H29NO5/c1-5-24(33)37-31-22-14-10-9-13-20(22)25(21-16-15-18(17-23(21)31)30(2,3)4)26(27(31)29(35)36)28(34)32-19-11-7-6-8-12-19/h5-17,25-27H,1H2,2-4H3,(H,32,34)(H,35,36). The molecular weight excluding hydrogens is 466 g/mol. The van der Waals surface area contributed by atoms with Crippen molar-refractivity contribution in [1.82, 2.24) is 0 Å². The van der Waals surface area contributed by atoms with Gasteiger partial charge in [0, 0.05) is 28.8 Å². The first-order valence-corrected chi connectivity index (χ1v) is 12.3. The Morgan fingerprint density at radius 2 is 1.59 bits per heavy atom. The molecule has 0 aromatic heterocycles. The van der Waals surface area contributed by atoms with Crippen LogP contribution in [-0.2, 0) is 30.1 Å². The second kappa shape index (κ2) is 8.73. The predicted molar refractivity (Wildman–Crippen MR) is 140 cm³/mol. The summed E-state index contributed by atoms with van der Waals surface area (Å²) >= 11 is 0. The quantitative estimate of drug-likeness (QED) is 0.367. The van der Waals surface area contributed by atoms with Crippen molar-refractivity contribution in [3.8, 4) is 0 Å². The fraction of sp³-hybridized carbons (Fsp3) is 0.258. The number of carboxylic acids is 1. The first-order valence-electron chi connectivity index (χ1n) is 12.3. The van der Waals surface area contributed by atoms with E-state index in [2.05, 4.69) is 32.7 Å². The van der Waals surface area contributed by atoms with Gasteiger partial charge in [0.25, 0.3) is 0 Å². The highest BCUT2D eigenvalue weighted by Crippen LogP contribution is 2.62. The van der Waals surface area contributed by atoms with E-state index in [-0.39, 0.29) is 5.41 Å². The van der Waals surface area contributed by atoms with Crippen LogP contribution in [0.5, 0.6) is 0 Å². The van der Waals surface area contributed by atoms with Gasteiger partial charge in [-0.1, -0.05) is 88.0 Å². The van der Waals surface area contributed by atoms with Crippen LogP contribution < -0.4 is 5.32 Å². The lowest BCUT2D eigenvalue weighted by molar-refractivity contribution is -0.176. The molecule has 6 nitrogen and oxygen atoms in total. The number of anilines is 1. The third-order valence-corrected chi connectivity index (χ3v) is 7.55. The van der Waals surface area contributed by atoms with Gasteiger partial charge in [-0.3, -0.25) is 9.59 Å². The summed E-state index contributed by atoms with van der Waals surface area (Å²) in [5.41, 5.74) is 2.34. The van der Waals surface area contributed by atoms with Gasteiger partial charge in [-0.05, 0) is 34.2 Å². The summed E-state index contributed by atoms with van der Waals surface area (Å²) in [6, 6.07) is 22.2. The fourth-order valence-electron chi connectivity index (χ4n) is 5.95. The van der Waals surface area contributed by atoms with Crippen LogP contribution in [0.15, 0.2) is 85.5 Å². The van der Waals surface area contributed by atoms with E-state index in [1.807, 2.05) is 36.4 Å². The van der Waals surface area contributed by atoms with Gasteiger partial charge in [0.2, 0.25) is 5.91 Å². The maximum absolute atomic E-state index is 13.9. The molecule has 0 spiro atoms. The van der Waals surface area contributed by atoms with Crippen molar-refractivity contribution in [2.45, 2.75) is 37.7 Å². The Labute approximate surface area is 216 Å². The average Bonchev–Trinajstić information content (AvgIpc) is 2.88. The van der Waals surface area contributed by atoms with Crippen molar-refractivity contribution in [3.63, 3.8) is 0 Å². The molecule has 0 saturated carbocycles. The maximum atomic E-state index is 13.9. The second-order valence-corrected chi connectivity index (χ2v) is 10.7. The number of ether oxygens (including phenoxy) is 1. The van der Waals surface area contributed by atoms with Crippen molar-refractivity contribution in [2.24, 2.45) is 11.8 Å². The number of aliphatic carboxylic acids is 1. The second-order valence-electron chi connectivity index (χ2n) is 10.7. The largest absolute Gasteiger partial charge is 0.481 e. The zero-order valence-electron chi connectivity index (χ0n) is 21.0. The van der Waals surface area contributed by atoms with E-state index in [4.69, 9.17) is 4.74 Å². The summed E-state index contributed by atoms with van der Waals surface area (Å²) in [5, 5.41) is 13.6. The van der Waals surface area contributed by atoms with E-state index in [1.54, 1.807) is 36.4 Å². The fourth-order valence-corrected chi connectivity index (χ4v) is 5.95. The Morgan fingerprint density at radius 3 is 2.24 bits per heavy atom. The van der Waals surface area contributed by atoms with Crippen LogP contribution in [0.3, 0.4) is 0 Å². The number of hydrogen-bond acceptors (Lipinski definition) is 4. The molecule has 1 amide bonds. The zero-order valence-corrected chi connectivity index (χ0v) is 21.0. The van der Waals surface area contributed by atoms with Crippen molar-refractivity contribution >= 4 is 23.5 Å². The summed E-state index contributed by atoms with van der Waals surface area (Å²) in [5.74, 6) is -5.33. The monoisotopic (exact) mass is 495 g/mol. The molecule has 0 saturated heterocycles. The number of amides is 1. The molecule has 3 aliphatic carbocycles. The Bertz CT molecular complexity index is 1420. The number of rotatable bonds is 5. The highest BCUT2D eigenvalue weighted by atomic mass is 16.6. The van der Waals surface area contributed by atoms with Crippen LogP contribution in [-0.4, -0.2) is 23.0 Å². The number of hydrogen-bond donors (Lipinski definition) is 2. The lowest BCUT2D eigenvalue weighted by atomic mass is 9.51. The minimum atomic E-state index is -1.71. The van der Waals surface area contributed by atoms with Crippen molar-refractivity contribution in [3.05, 3.63) is 113 Å². The molecule has 3 aliphatic rings. The minimum Gasteiger partial charge on any atom is -0.481 e. The first kappa shape index (κ1) is 24.5. The summed E-state index contributed by atoms with van der Waals surface area (Å²) in [6.45, 7) is 9.75. The molecule has 2 bridgehead atoms.